The Hall–Kier alpha value is -0.580. The maximum absolute atomic E-state index is 10.6. The lowest BCUT2D eigenvalue weighted by atomic mass is 10.1. The number of phosphoric acid groups is 1. The number of aliphatic hydroxyl groups is 3. The molecule has 0 aromatic carbocycles. The summed E-state index contributed by atoms with van der Waals surface area (Å²) < 4.78 is 14.0. The van der Waals surface area contributed by atoms with E-state index < -0.39 is 38.6 Å². The van der Waals surface area contributed by atoms with Crippen molar-refractivity contribution in [1.29, 1.82) is 0 Å². The Morgan fingerprint density at radius 1 is 1.31 bits per heavy atom. The molecule has 0 heterocycles. The number of hydroxylamine groups is 1. The Morgan fingerprint density at radius 3 is 2.19 bits per heavy atom. The van der Waals surface area contributed by atoms with Crippen molar-refractivity contribution in [1.82, 2.24) is 5.48 Å². The Kier molecular flexibility index (Phi) is 6.00. The van der Waals surface area contributed by atoms with Gasteiger partial charge in [0.2, 0.25) is 0 Å². The Balaban J connectivity index is 4.23. The standard InChI is InChI=1S/C5H12NO9P/c7-2(1-15-16(12,13)14)3(8)4(9)5(10)6-11/h2-4,7-9,11H,1H2,(H,6,10)(H2,12,13,14)/t2-,3+,4+/m0/s1. The van der Waals surface area contributed by atoms with Crippen LogP contribution in [-0.4, -0.2) is 61.1 Å². The number of rotatable bonds is 6. The molecule has 3 atom stereocenters. The van der Waals surface area contributed by atoms with Gasteiger partial charge in [0.25, 0.3) is 5.91 Å². The lowest BCUT2D eigenvalue weighted by Gasteiger charge is -2.21. The van der Waals surface area contributed by atoms with Crippen LogP contribution in [0, 0.1) is 0 Å². The lowest BCUT2D eigenvalue weighted by molar-refractivity contribution is -0.150. The third-order valence-electron chi connectivity index (χ3n) is 1.51. The van der Waals surface area contributed by atoms with Crippen LogP contribution in [0.25, 0.3) is 0 Å². The zero-order valence-electron chi connectivity index (χ0n) is 7.79. The Labute approximate surface area is 89.3 Å². The first-order chi connectivity index (χ1) is 7.19. The molecular formula is C5H12NO9P. The van der Waals surface area contributed by atoms with Gasteiger partial charge in [0.05, 0.1) is 6.61 Å². The number of amides is 1. The number of aliphatic hydroxyl groups excluding tert-OH is 3. The average Bonchev–Trinajstić information content (AvgIpc) is 2.21. The molecule has 11 heteroatoms. The van der Waals surface area contributed by atoms with Gasteiger partial charge in [-0.15, -0.1) is 0 Å². The van der Waals surface area contributed by atoms with Gasteiger partial charge < -0.3 is 25.1 Å². The van der Waals surface area contributed by atoms with Gasteiger partial charge >= 0.3 is 7.82 Å². The highest BCUT2D eigenvalue weighted by molar-refractivity contribution is 7.46. The number of phosphoric ester groups is 1. The van der Waals surface area contributed by atoms with Crippen LogP contribution < -0.4 is 5.48 Å². The van der Waals surface area contributed by atoms with Crippen molar-refractivity contribution in [3.05, 3.63) is 0 Å². The van der Waals surface area contributed by atoms with E-state index in [0.717, 1.165) is 5.48 Å². The van der Waals surface area contributed by atoms with Crippen molar-refractivity contribution < 1.29 is 44.2 Å². The molecule has 0 radical (unpaired) electrons. The van der Waals surface area contributed by atoms with Gasteiger partial charge in [-0.3, -0.25) is 14.5 Å². The number of hydrogen-bond donors (Lipinski definition) is 7. The van der Waals surface area contributed by atoms with Crippen LogP contribution in [0.3, 0.4) is 0 Å². The highest BCUT2D eigenvalue weighted by Gasteiger charge is 2.31. The molecule has 0 fully saturated rings. The molecule has 0 aliphatic carbocycles. The SMILES string of the molecule is O=C(NO)[C@H](O)[C@H](O)[C@@H](O)COP(=O)(O)O. The largest absolute Gasteiger partial charge is 0.469 e. The second-order valence-electron chi connectivity index (χ2n) is 2.77. The van der Waals surface area contributed by atoms with E-state index in [1.54, 1.807) is 0 Å². The number of nitrogens with one attached hydrogen (secondary N) is 1. The molecular weight excluding hydrogens is 249 g/mol. The molecule has 16 heavy (non-hydrogen) atoms. The first-order valence-electron chi connectivity index (χ1n) is 3.87. The van der Waals surface area contributed by atoms with Crippen LogP contribution in [0.4, 0.5) is 0 Å². The molecule has 10 nitrogen and oxygen atoms in total. The minimum absolute atomic E-state index is 0.999. The van der Waals surface area contributed by atoms with Gasteiger partial charge in [-0.2, -0.15) is 0 Å². The number of carbonyl (C=O) groups is 1. The summed E-state index contributed by atoms with van der Waals surface area (Å²) in [6, 6.07) is 0. The first kappa shape index (κ1) is 15.4. The quantitative estimate of drug-likeness (QED) is 0.146. The fraction of sp³-hybridized carbons (Fsp3) is 0.800. The molecule has 0 rings (SSSR count). The number of hydrogen-bond acceptors (Lipinski definition) is 7. The van der Waals surface area contributed by atoms with Gasteiger partial charge in [0.1, 0.15) is 12.2 Å². The van der Waals surface area contributed by atoms with Crippen molar-refractivity contribution in [2.24, 2.45) is 0 Å². The van der Waals surface area contributed by atoms with Gasteiger partial charge in [-0.25, -0.2) is 10.0 Å². The van der Waals surface area contributed by atoms with Gasteiger partial charge in [0, 0.05) is 0 Å². The average molecular weight is 261 g/mol. The first-order valence-corrected chi connectivity index (χ1v) is 5.40. The van der Waals surface area contributed by atoms with Crippen molar-refractivity contribution in [3.63, 3.8) is 0 Å². The topological polar surface area (TPSA) is 177 Å². The summed E-state index contributed by atoms with van der Waals surface area (Å²) >= 11 is 0. The minimum Gasteiger partial charge on any atom is -0.388 e. The highest BCUT2D eigenvalue weighted by Crippen LogP contribution is 2.35. The Morgan fingerprint density at radius 2 is 1.81 bits per heavy atom. The van der Waals surface area contributed by atoms with Crippen molar-refractivity contribution in [3.8, 4) is 0 Å². The van der Waals surface area contributed by atoms with Gasteiger partial charge in [-0.05, 0) is 0 Å². The summed E-state index contributed by atoms with van der Waals surface area (Å²) in [5.41, 5.74) is 1.02. The van der Waals surface area contributed by atoms with E-state index in [9.17, 15) is 9.36 Å². The second kappa shape index (κ2) is 6.23. The van der Waals surface area contributed by atoms with E-state index in [1.165, 1.54) is 0 Å². The van der Waals surface area contributed by atoms with E-state index in [2.05, 4.69) is 4.52 Å². The summed E-state index contributed by atoms with van der Waals surface area (Å²) in [6.45, 7) is -0.999. The van der Waals surface area contributed by atoms with E-state index in [0.29, 0.717) is 0 Å². The molecule has 7 N–H and O–H groups in total. The molecule has 0 bridgehead atoms. The zero-order valence-corrected chi connectivity index (χ0v) is 8.69. The summed E-state index contributed by atoms with van der Waals surface area (Å²) in [4.78, 5) is 27.1. The summed E-state index contributed by atoms with van der Waals surface area (Å²) in [7, 11) is -4.82. The van der Waals surface area contributed by atoms with E-state index in [-0.39, 0.29) is 0 Å². The van der Waals surface area contributed by atoms with Crippen LogP contribution in [-0.2, 0) is 13.9 Å². The van der Waals surface area contributed by atoms with Crippen LogP contribution in [0.15, 0.2) is 0 Å². The maximum atomic E-state index is 10.6. The predicted molar refractivity (Wildman–Crippen MR) is 45.9 cm³/mol. The fourth-order valence-corrected chi connectivity index (χ4v) is 1.05. The van der Waals surface area contributed by atoms with Crippen molar-refractivity contribution >= 4 is 13.7 Å². The molecule has 96 valence electrons. The molecule has 0 aliphatic heterocycles. The molecule has 0 saturated carbocycles. The van der Waals surface area contributed by atoms with Crippen LogP contribution in [0.5, 0.6) is 0 Å². The summed E-state index contributed by atoms with van der Waals surface area (Å²) in [5, 5.41) is 35.2. The zero-order chi connectivity index (χ0) is 12.9. The minimum atomic E-state index is -4.82. The van der Waals surface area contributed by atoms with Crippen molar-refractivity contribution in [2.75, 3.05) is 6.61 Å². The second-order valence-corrected chi connectivity index (χ2v) is 4.00. The predicted octanol–water partition coefficient (Wildman–Crippen LogP) is -3.32. The Bertz CT molecular complexity index is 277. The lowest BCUT2D eigenvalue weighted by Crippen LogP contribution is -2.47. The van der Waals surface area contributed by atoms with Crippen LogP contribution >= 0.6 is 7.82 Å². The molecule has 1 amide bonds. The molecule has 0 aliphatic rings. The van der Waals surface area contributed by atoms with Crippen LogP contribution in [0.1, 0.15) is 0 Å². The molecule has 0 aromatic heterocycles. The monoisotopic (exact) mass is 261 g/mol. The third-order valence-corrected chi connectivity index (χ3v) is 2.00. The van der Waals surface area contributed by atoms with E-state index >= 15 is 0 Å². The van der Waals surface area contributed by atoms with E-state index in [4.69, 9.17) is 30.3 Å². The van der Waals surface area contributed by atoms with Crippen molar-refractivity contribution in [2.45, 2.75) is 18.3 Å². The molecule has 0 spiro atoms. The molecule has 0 unspecified atom stereocenters. The third kappa shape index (κ3) is 5.49. The molecule has 0 saturated heterocycles. The van der Waals surface area contributed by atoms with E-state index in [1.807, 2.05) is 0 Å². The van der Waals surface area contributed by atoms with Gasteiger partial charge in [0.15, 0.2) is 6.10 Å². The van der Waals surface area contributed by atoms with Gasteiger partial charge in [-0.1, -0.05) is 0 Å². The highest BCUT2D eigenvalue weighted by atomic mass is 31.2. The summed E-state index contributed by atoms with van der Waals surface area (Å²) in [6.07, 6.45) is -6.15. The number of carbonyl (C=O) groups excluding carboxylic acids is 1. The molecule has 0 aromatic rings. The summed E-state index contributed by atoms with van der Waals surface area (Å²) in [5.74, 6) is -1.39. The van der Waals surface area contributed by atoms with Crippen LogP contribution in [0.2, 0.25) is 0 Å². The maximum Gasteiger partial charge on any atom is 0.469 e. The fourth-order valence-electron chi connectivity index (χ4n) is 0.704. The normalized spacial score (nSPS) is 17.6. The smallest absolute Gasteiger partial charge is 0.388 e.